The molecule has 0 unspecified atom stereocenters. The third-order valence-corrected chi connectivity index (χ3v) is 4.51. The molecule has 0 bridgehead atoms. The van der Waals surface area contributed by atoms with E-state index in [1.165, 1.54) is 0 Å². The van der Waals surface area contributed by atoms with Crippen molar-refractivity contribution in [1.82, 2.24) is 4.98 Å². The van der Waals surface area contributed by atoms with E-state index in [0.29, 0.717) is 23.5 Å². The molecule has 4 heteroatoms. The summed E-state index contributed by atoms with van der Waals surface area (Å²) in [5.41, 5.74) is 2.86. The van der Waals surface area contributed by atoms with E-state index in [4.69, 9.17) is 0 Å². The molecule has 0 radical (unpaired) electrons. The van der Waals surface area contributed by atoms with Crippen LogP contribution in [0.15, 0.2) is 84.6 Å². The third kappa shape index (κ3) is 2.97. The van der Waals surface area contributed by atoms with Gasteiger partial charge in [0.05, 0.1) is 17.7 Å². The lowest BCUT2D eigenvalue weighted by molar-refractivity contribution is -0.115. The first-order chi connectivity index (χ1) is 12.7. The molecule has 128 valence electrons. The maximum absolute atomic E-state index is 12.9. The number of pyridine rings is 1. The van der Waals surface area contributed by atoms with E-state index < -0.39 is 0 Å². The van der Waals surface area contributed by atoms with Crippen molar-refractivity contribution in [2.45, 2.75) is 6.42 Å². The van der Waals surface area contributed by atoms with E-state index in [1.54, 1.807) is 18.3 Å². The first-order valence-corrected chi connectivity index (χ1v) is 8.51. The highest BCUT2D eigenvalue weighted by Crippen LogP contribution is 2.36. The number of aliphatic hydroxyl groups excluding tert-OH is 1. The van der Waals surface area contributed by atoms with Gasteiger partial charge < -0.3 is 10.0 Å². The zero-order valence-corrected chi connectivity index (χ0v) is 14.2. The average Bonchev–Trinajstić information content (AvgIpc) is 2.70. The van der Waals surface area contributed by atoms with Crippen LogP contribution in [-0.2, 0) is 11.2 Å². The topological polar surface area (TPSA) is 53.4 Å². The van der Waals surface area contributed by atoms with Gasteiger partial charge in [0.25, 0.3) is 0 Å². The fraction of sp³-hybridized carbons (Fsp3) is 0.0909. The zero-order valence-electron chi connectivity index (χ0n) is 14.2. The van der Waals surface area contributed by atoms with Gasteiger partial charge in [-0.25, -0.2) is 4.98 Å². The second-order valence-electron chi connectivity index (χ2n) is 6.21. The number of carbonyl (C=O) groups excluding carboxylic acids is 1. The molecular formula is C22H18N2O2. The zero-order chi connectivity index (χ0) is 17.9. The normalized spacial score (nSPS) is 13.5. The predicted molar refractivity (Wildman–Crippen MR) is 102 cm³/mol. The van der Waals surface area contributed by atoms with E-state index in [9.17, 15) is 9.90 Å². The third-order valence-electron chi connectivity index (χ3n) is 4.51. The first kappa shape index (κ1) is 16.1. The number of aliphatic hydroxyl groups is 1. The van der Waals surface area contributed by atoms with Gasteiger partial charge in [0.1, 0.15) is 11.6 Å². The predicted octanol–water partition coefficient (Wildman–Crippen LogP) is 4.31. The highest BCUT2D eigenvalue weighted by atomic mass is 16.3. The molecule has 4 rings (SSSR count). The number of benzene rings is 2. The minimum atomic E-state index is -0.0795. The molecule has 0 spiro atoms. The molecule has 1 aromatic heterocycles. The molecule has 3 aromatic rings. The quantitative estimate of drug-likeness (QED) is 0.767. The standard InChI is InChI=1S/C22H18N2O2/c25-20(14-16-8-3-1-4-9-16)19-15-24(17-10-5-2-6-11-17)22-18(21(19)26)12-7-13-23-22/h1-13,26H,14-15H2. The Kier molecular flexibility index (Phi) is 4.23. The lowest BCUT2D eigenvalue weighted by Crippen LogP contribution is -2.30. The summed E-state index contributed by atoms with van der Waals surface area (Å²) in [6.45, 7) is 0.297. The van der Waals surface area contributed by atoms with Crippen molar-refractivity contribution in [3.8, 4) is 0 Å². The lowest BCUT2D eigenvalue weighted by Gasteiger charge is -2.31. The Labute approximate surface area is 152 Å². The molecule has 0 amide bonds. The molecular weight excluding hydrogens is 324 g/mol. The summed E-state index contributed by atoms with van der Waals surface area (Å²) in [5, 5.41) is 10.7. The van der Waals surface area contributed by atoms with E-state index in [1.807, 2.05) is 65.6 Å². The second-order valence-corrected chi connectivity index (χ2v) is 6.21. The summed E-state index contributed by atoms with van der Waals surface area (Å²) in [6.07, 6.45) is 1.96. The highest BCUT2D eigenvalue weighted by molar-refractivity contribution is 6.05. The van der Waals surface area contributed by atoms with Gasteiger partial charge in [0.2, 0.25) is 0 Å². The van der Waals surface area contributed by atoms with Crippen molar-refractivity contribution in [1.29, 1.82) is 0 Å². The van der Waals surface area contributed by atoms with Crippen LogP contribution >= 0.6 is 0 Å². The van der Waals surface area contributed by atoms with Crippen LogP contribution < -0.4 is 4.90 Å². The average molecular weight is 342 g/mol. The number of hydrogen-bond acceptors (Lipinski definition) is 4. The molecule has 0 fully saturated rings. The molecule has 1 N–H and O–H groups in total. The number of anilines is 2. The number of para-hydroxylation sites is 1. The number of ketones is 1. The Balaban J connectivity index is 1.74. The fourth-order valence-corrected chi connectivity index (χ4v) is 3.20. The van der Waals surface area contributed by atoms with E-state index in [-0.39, 0.29) is 18.0 Å². The van der Waals surface area contributed by atoms with Gasteiger partial charge in [0, 0.05) is 18.3 Å². The van der Waals surface area contributed by atoms with Crippen LogP contribution in [0.25, 0.3) is 5.76 Å². The summed E-state index contributed by atoms with van der Waals surface area (Å²) in [4.78, 5) is 19.3. The Morgan fingerprint density at radius 2 is 1.65 bits per heavy atom. The van der Waals surface area contributed by atoms with Crippen LogP contribution in [0.5, 0.6) is 0 Å². The lowest BCUT2D eigenvalue weighted by atomic mass is 9.96. The van der Waals surface area contributed by atoms with Crippen LogP contribution in [0, 0.1) is 0 Å². The molecule has 0 saturated carbocycles. The number of fused-ring (bicyclic) bond motifs is 1. The Hall–Kier alpha value is -3.40. The minimum Gasteiger partial charge on any atom is -0.507 e. The van der Waals surface area contributed by atoms with Gasteiger partial charge in [0.15, 0.2) is 5.78 Å². The smallest absolute Gasteiger partial charge is 0.168 e. The molecule has 2 heterocycles. The minimum absolute atomic E-state index is 0.0289. The SMILES string of the molecule is O=C(Cc1ccccc1)C1=C(O)c2cccnc2N(c2ccccc2)C1. The summed E-state index contributed by atoms with van der Waals surface area (Å²) >= 11 is 0. The Morgan fingerprint density at radius 1 is 0.962 bits per heavy atom. The molecule has 2 aromatic carbocycles. The van der Waals surface area contributed by atoms with E-state index >= 15 is 0 Å². The number of hydrogen-bond donors (Lipinski definition) is 1. The van der Waals surface area contributed by atoms with Gasteiger partial charge in [-0.3, -0.25) is 4.79 Å². The van der Waals surface area contributed by atoms with Gasteiger partial charge in [-0.05, 0) is 29.8 Å². The monoisotopic (exact) mass is 342 g/mol. The number of nitrogens with zero attached hydrogens (tertiary/aromatic N) is 2. The van der Waals surface area contributed by atoms with Crippen LogP contribution in [0.1, 0.15) is 11.1 Å². The molecule has 1 aliphatic rings. The Bertz CT molecular complexity index is 966. The summed E-state index contributed by atoms with van der Waals surface area (Å²) < 4.78 is 0. The van der Waals surface area contributed by atoms with Crippen LogP contribution in [-0.4, -0.2) is 22.4 Å². The van der Waals surface area contributed by atoms with Crippen molar-refractivity contribution >= 4 is 23.0 Å². The van der Waals surface area contributed by atoms with Crippen molar-refractivity contribution in [3.63, 3.8) is 0 Å². The van der Waals surface area contributed by atoms with Gasteiger partial charge >= 0.3 is 0 Å². The van der Waals surface area contributed by atoms with Crippen molar-refractivity contribution in [2.24, 2.45) is 0 Å². The summed E-state index contributed by atoms with van der Waals surface area (Å²) in [6, 6.07) is 22.9. The van der Waals surface area contributed by atoms with Gasteiger partial charge in [-0.1, -0.05) is 48.5 Å². The first-order valence-electron chi connectivity index (χ1n) is 8.51. The molecule has 26 heavy (non-hydrogen) atoms. The largest absolute Gasteiger partial charge is 0.507 e. The number of rotatable bonds is 4. The van der Waals surface area contributed by atoms with E-state index in [0.717, 1.165) is 11.3 Å². The van der Waals surface area contributed by atoms with Crippen LogP contribution in [0.3, 0.4) is 0 Å². The van der Waals surface area contributed by atoms with Crippen LogP contribution in [0.4, 0.5) is 11.5 Å². The molecule has 4 nitrogen and oxygen atoms in total. The van der Waals surface area contributed by atoms with E-state index in [2.05, 4.69) is 4.98 Å². The molecule has 0 saturated heterocycles. The fourth-order valence-electron chi connectivity index (χ4n) is 3.20. The van der Waals surface area contributed by atoms with Crippen molar-refractivity contribution in [2.75, 3.05) is 11.4 Å². The molecule has 0 atom stereocenters. The van der Waals surface area contributed by atoms with Crippen LogP contribution in [0.2, 0.25) is 0 Å². The maximum Gasteiger partial charge on any atom is 0.168 e. The molecule has 1 aliphatic heterocycles. The Morgan fingerprint density at radius 3 is 2.38 bits per heavy atom. The van der Waals surface area contributed by atoms with Gasteiger partial charge in [-0.2, -0.15) is 0 Å². The highest BCUT2D eigenvalue weighted by Gasteiger charge is 2.29. The number of aromatic nitrogens is 1. The molecule has 0 aliphatic carbocycles. The summed E-state index contributed by atoms with van der Waals surface area (Å²) in [7, 11) is 0. The number of Topliss-reactive ketones (excluding diaryl/α,β-unsaturated/α-hetero) is 1. The number of carbonyl (C=O) groups is 1. The van der Waals surface area contributed by atoms with Gasteiger partial charge in [-0.15, -0.1) is 0 Å². The summed E-state index contributed by atoms with van der Waals surface area (Å²) in [5.74, 6) is 0.609. The van der Waals surface area contributed by atoms with Crippen molar-refractivity contribution < 1.29 is 9.90 Å². The maximum atomic E-state index is 12.9. The van der Waals surface area contributed by atoms with Crippen molar-refractivity contribution in [3.05, 3.63) is 95.7 Å². The second kappa shape index (κ2) is 6.84.